The summed E-state index contributed by atoms with van der Waals surface area (Å²) in [4.78, 5) is 28.4. The maximum absolute atomic E-state index is 12.7. The van der Waals surface area contributed by atoms with Gasteiger partial charge < -0.3 is 14.5 Å². The minimum Gasteiger partial charge on any atom is -0.444 e. The zero-order chi connectivity index (χ0) is 20.3. The Morgan fingerprint density at radius 1 is 1.14 bits per heavy atom. The number of hydrogen-bond acceptors (Lipinski definition) is 4. The Balaban J connectivity index is 1.55. The number of carbonyl (C=O) groups excluding carboxylic acids is 2. The van der Waals surface area contributed by atoms with Crippen LogP contribution in [0, 0.1) is 0 Å². The van der Waals surface area contributed by atoms with Crippen LogP contribution in [0.15, 0.2) is 24.4 Å². The molecule has 8 heteroatoms. The van der Waals surface area contributed by atoms with Gasteiger partial charge in [-0.15, -0.1) is 0 Å². The van der Waals surface area contributed by atoms with E-state index in [1.165, 1.54) is 0 Å². The fourth-order valence-electron chi connectivity index (χ4n) is 3.28. The number of hydrogen-bond donors (Lipinski definition) is 0. The topological polar surface area (TPSA) is 67.7 Å². The first-order valence-corrected chi connectivity index (χ1v) is 9.98. The molecular formula is C20H27ClN4O3. The predicted octanol–water partition coefficient (Wildman–Crippen LogP) is 3.55. The van der Waals surface area contributed by atoms with Crippen molar-refractivity contribution >= 4 is 34.5 Å². The van der Waals surface area contributed by atoms with Gasteiger partial charge in [0.15, 0.2) is 0 Å². The Bertz CT molecular complexity index is 859. The summed E-state index contributed by atoms with van der Waals surface area (Å²) in [5, 5.41) is 5.90. The maximum Gasteiger partial charge on any atom is 0.410 e. The molecule has 1 fully saturated rings. The van der Waals surface area contributed by atoms with Crippen LogP contribution in [0.1, 0.15) is 33.6 Å². The van der Waals surface area contributed by atoms with Crippen LogP contribution in [0.25, 0.3) is 10.9 Å². The number of carbonyl (C=O) groups is 2. The standard InChI is InChI=1S/C20H27ClN4O3/c1-20(2,3)28-19(27)24-10-5-9-23(12-13-24)18(26)8-11-25-17-7-4-6-16(21)15(17)14-22-25/h4,6-7,14H,5,8-13H2,1-3H3. The molecule has 0 saturated carbocycles. The second-order valence-corrected chi connectivity index (χ2v) is 8.40. The van der Waals surface area contributed by atoms with E-state index in [-0.39, 0.29) is 12.0 Å². The molecule has 0 unspecified atom stereocenters. The molecule has 152 valence electrons. The summed E-state index contributed by atoms with van der Waals surface area (Å²) >= 11 is 6.18. The van der Waals surface area contributed by atoms with Gasteiger partial charge in [-0.05, 0) is 39.3 Å². The highest BCUT2D eigenvalue weighted by atomic mass is 35.5. The first kappa shape index (κ1) is 20.5. The van der Waals surface area contributed by atoms with Crippen molar-refractivity contribution in [1.82, 2.24) is 19.6 Å². The highest BCUT2D eigenvalue weighted by Gasteiger charge is 2.25. The number of aromatic nitrogens is 2. The molecule has 0 atom stereocenters. The fraction of sp³-hybridized carbons (Fsp3) is 0.550. The molecule has 1 aromatic heterocycles. The Morgan fingerprint density at radius 3 is 2.61 bits per heavy atom. The van der Waals surface area contributed by atoms with Gasteiger partial charge in [0.2, 0.25) is 5.91 Å². The molecule has 1 aliphatic rings. The van der Waals surface area contributed by atoms with Crippen LogP contribution in [-0.4, -0.2) is 63.4 Å². The van der Waals surface area contributed by atoms with Crippen molar-refractivity contribution in [2.45, 2.75) is 45.8 Å². The molecule has 7 nitrogen and oxygen atoms in total. The van der Waals surface area contributed by atoms with E-state index in [0.717, 1.165) is 17.3 Å². The van der Waals surface area contributed by atoms with Gasteiger partial charge in [0.1, 0.15) is 5.60 Å². The van der Waals surface area contributed by atoms with Crippen LogP contribution < -0.4 is 0 Å². The van der Waals surface area contributed by atoms with Crippen LogP contribution in [0.2, 0.25) is 5.02 Å². The van der Waals surface area contributed by atoms with E-state index in [1.807, 2.05) is 48.6 Å². The van der Waals surface area contributed by atoms with E-state index in [0.29, 0.717) is 44.2 Å². The Kier molecular flexibility index (Phi) is 6.13. The molecule has 1 aliphatic heterocycles. The first-order valence-electron chi connectivity index (χ1n) is 9.60. The normalized spacial score (nSPS) is 15.6. The third-order valence-electron chi connectivity index (χ3n) is 4.67. The van der Waals surface area contributed by atoms with E-state index in [4.69, 9.17) is 16.3 Å². The highest BCUT2D eigenvalue weighted by molar-refractivity contribution is 6.35. The minimum absolute atomic E-state index is 0.0664. The smallest absolute Gasteiger partial charge is 0.410 e. The SMILES string of the molecule is CC(C)(C)OC(=O)N1CCCN(C(=O)CCn2ncc3c(Cl)cccc32)CC1. The largest absolute Gasteiger partial charge is 0.444 e. The molecule has 0 radical (unpaired) electrons. The van der Waals surface area contributed by atoms with E-state index < -0.39 is 5.60 Å². The zero-order valence-electron chi connectivity index (χ0n) is 16.7. The lowest BCUT2D eigenvalue weighted by Gasteiger charge is -2.26. The summed E-state index contributed by atoms with van der Waals surface area (Å²) < 4.78 is 7.25. The molecule has 0 bridgehead atoms. The summed E-state index contributed by atoms with van der Waals surface area (Å²) in [6, 6.07) is 5.66. The molecule has 0 N–H and O–H groups in total. The van der Waals surface area contributed by atoms with Gasteiger partial charge in [-0.2, -0.15) is 5.10 Å². The van der Waals surface area contributed by atoms with Crippen molar-refractivity contribution < 1.29 is 14.3 Å². The van der Waals surface area contributed by atoms with Crippen LogP contribution in [0.3, 0.4) is 0 Å². The van der Waals surface area contributed by atoms with Gasteiger partial charge >= 0.3 is 6.09 Å². The van der Waals surface area contributed by atoms with Crippen molar-refractivity contribution in [3.8, 4) is 0 Å². The monoisotopic (exact) mass is 406 g/mol. The molecule has 2 heterocycles. The number of halogens is 1. The number of rotatable bonds is 3. The van der Waals surface area contributed by atoms with Crippen molar-refractivity contribution in [3.05, 3.63) is 29.4 Å². The quantitative estimate of drug-likeness (QED) is 0.781. The molecular weight excluding hydrogens is 380 g/mol. The summed E-state index contributed by atoms with van der Waals surface area (Å²) in [7, 11) is 0. The van der Waals surface area contributed by atoms with Crippen molar-refractivity contribution in [2.24, 2.45) is 0 Å². The lowest BCUT2D eigenvalue weighted by atomic mass is 10.2. The minimum atomic E-state index is -0.520. The van der Waals surface area contributed by atoms with E-state index in [1.54, 1.807) is 11.1 Å². The number of ether oxygens (including phenoxy) is 1. The molecule has 0 aliphatic carbocycles. The van der Waals surface area contributed by atoms with Gasteiger partial charge in [0, 0.05) is 38.0 Å². The van der Waals surface area contributed by atoms with E-state index in [9.17, 15) is 9.59 Å². The third-order valence-corrected chi connectivity index (χ3v) is 5.00. The van der Waals surface area contributed by atoms with Gasteiger partial charge in [0.25, 0.3) is 0 Å². The molecule has 28 heavy (non-hydrogen) atoms. The fourth-order valence-corrected chi connectivity index (χ4v) is 3.50. The Hall–Kier alpha value is -2.28. The van der Waals surface area contributed by atoms with Crippen LogP contribution in [-0.2, 0) is 16.1 Å². The Labute approximate surface area is 170 Å². The first-order chi connectivity index (χ1) is 13.2. The highest BCUT2D eigenvalue weighted by Crippen LogP contribution is 2.23. The number of fused-ring (bicyclic) bond motifs is 1. The molecule has 2 amide bonds. The summed E-state index contributed by atoms with van der Waals surface area (Å²) in [5.41, 5.74) is 0.404. The second-order valence-electron chi connectivity index (χ2n) is 7.99. The summed E-state index contributed by atoms with van der Waals surface area (Å²) in [5.74, 6) is 0.0664. The van der Waals surface area contributed by atoms with Crippen molar-refractivity contribution in [1.29, 1.82) is 0 Å². The van der Waals surface area contributed by atoms with Crippen molar-refractivity contribution in [2.75, 3.05) is 26.2 Å². The second kappa shape index (κ2) is 8.39. The van der Waals surface area contributed by atoms with E-state index in [2.05, 4.69) is 5.10 Å². The lowest BCUT2D eigenvalue weighted by Crippen LogP contribution is -2.40. The van der Waals surface area contributed by atoms with Gasteiger partial charge in [-0.1, -0.05) is 17.7 Å². The lowest BCUT2D eigenvalue weighted by molar-refractivity contribution is -0.131. The molecule has 0 spiro atoms. The van der Waals surface area contributed by atoms with Crippen LogP contribution >= 0.6 is 11.6 Å². The molecule has 2 aromatic rings. The zero-order valence-corrected chi connectivity index (χ0v) is 17.4. The van der Waals surface area contributed by atoms with E-state index >= 15 is 0 Å². The predicted molar refractivity (Wildman–Crippen MR) is 108 cm³/mol. The molecule has 1 aromatic carbocycles. The van der Waals surface area contributed by atoms with Gasteiger partial charge in [-0.3, -0.25) is 9.48 Å². The van der Waals surface area contributed by atoms with Crippen LogP contribution in [0.4, 0.5) is 4.79 Å². The molecule has 3 rings (SSSR count). The number of amides is 2. The summed E-state index contributed by atoms with van der Waals surface area (Å²) in [6.45, 7) is 8.30. The van der Waals surface area contributed by atoms with Gasteiger partial charge in [-0.25, -0.2) is 4.79 Å². The maximum atomic E-state index is 12.7. The van der Waals surface area contributed by atoms with Crippen molar-refractivity contribution in [3.63, 3.8) is 0 Å². The van der Waals surface area contributed by atoms with Gasteiger partial charge in [0.05, 0.1) is 23.3 Å². The average Bonchev–Trinajstić information content (AvgIpc) is 2.87. The Morgan fingerprint density at radius 2 is 1.86 bits per heavy atom. The number of nitrogens with zero attached hydrogens (tertiary/aromatic N) is 4. The molecule has 1 saturated heterocycles. The average molecular weight is 407 g/mol. The number of benzene rings is 1. The van der Waals surface area contributed by atoms with Crippen LogP contribution in [0.5, 0.6) is 0 Å². The number of aryl methyl sites for hydroxylation is 1. The summed E-state index contributed by atoms with van der Waals surface area (Å²) in [6.07, 6.45) is 2.51. The third kappa shape index (κ3) is 4.95.